The molecule has 4 nitrogen and oxygen atoms in total. The van der Waals surface area contributed by atoms with Crippen molar-refractivity contribution in [1.29, 1.82) is 0 Å². The van der Waals surface area contributed by atoms with Gasteiger partial charge in [0.2, 0.25) is 0 Å². The molecule has 1 aromatic heterocycles. The Kier molecular flexibility index (Phi) is 4.41. The first-order chi connectivity index (χ1) is 7.43. The second-order valence-corrected chi connectivity index (χ2v) is 5.79. The summed E-state index contributed by atoms with van der Waals surface area (Å²) in [4.78, 5) is 11.2. The molecule has 0 spiro atoms. The van der Waals surface area contributed by atoms with Gasteiger partial charge < -0.3 is 5.11 Å². The summed E-state index contributed by atoms with van der Waals surface area (Å²) in [6.07, 6.45) is 1.67. The standard InChI is InChI=1S/C11H18N2O2S/c1-7(2)13-10(11(14)15)9(5-12-13)6-16-8(3)4/h5,7-8H,6H2,1-4H3,(H,14,15). The van der Waals surface area contributed by atoms with Crippen LogP contribution in [0.3, 0.4) is 0 Å². The van der Waals surface area contributed by atoms with Crippen molar-refractivity contribution in [3.63, 3.8) is 0 Å². The maximum atomic E-state index is 11.2. The predicted molar refractivity (Wildman–Crippen MR) is 66.0 cm³/mol. The number of hydrogen-bond acceptors (Lipinski definition) is 3. The highest BCUT2D eigenvalue weighted by Gasteiger charge is 2.19. The molecule has 0 aromatic carbocycles. The summed E-state index contributed by atoms with van der Waals surface area (Å²) < 4.78 is 1.57. The Balaban J connectivity index is 2.96. The summed E-state index contributed by atoms with van der Waals surface area (Å²) in [5.74, 6) is -0.197. The second kappa shape index (κ2) is 5.39. The molecule has 0 aliphatic rings. The molecular weight excluding hydrogens is 224 g/mol. The number of carboxylic acids is 1. The van der Waals surface area contributed by atoms with Crippen molar-refractivity contribution in [3.8, 4) is 0 Å². The fourth-order valence-electron chi connectivity index (χ4n) is 1.39. The zero-order chi connectivity index (χ0) is 12.3. The highest BCUT2D eigenvalue weighted by molar-refractivity contribution is 7.99. The molecule has 1 N–H and O–H groups in total. The van der Waals surface area contributed by atoms with Gasteiger partial charge in [-0.15, -0.1) is 0 Å². The van der Waals surface area contributed by atoms with E-state index in [-0.39, 0.29) is 6.04 Å². The van der Waals surface area contributed by atoms with Crippen LogP contribution in [0.15, 0.2) is 6.20 Å². The predicted octanol–water partition coefficient (Wildman–Crippen LogP) is 2.80. The summed E-state index contributed by atoms with van der Waals surface area (Å²) >= 11 is 1.72. The first-order valence-electron chi connectivity index (χ1n) is 5.34. The molecule has 1 heterocycles. The van der Waals surface area contributed by atoms with Gasteiger partial charge in [0.25, 0.3) is 0 Å². The number of thioether (sulfide) groups is 1. The second-order valence-electron chi connectivity index (χ2n) is 4.22. The molecule has 0 aliphatic heterocycles. The van der Waals surface area contributed by atoms with Gasteiger partial charge in [-0.1, -0.05) is 13.8 Å². The zero-order valence-electron chi connectivity index (χ0n) is 10.1. The molecule has 0 radical (unpaired) electrons. The van der Waals surface area contributed by atoms with Crippen LogP contribution in [-0.4, -0.2) is 26.1 Å². The van der Waals surface area contributed by atoms with Gasteiger partial charge in [0.1, 0.15) is 0 Å². The Labute approximate surface area is 100 Å². The van der Waals surface area contributed by atoms with Gasteiger partial charge in [0, 0.05) is 17.4 Å². The number of hydrogen-bond donors (Lipinski definition) is 1. The Bertz CT molecular complexity index is 372. The minimum absolute atomic E-state index is 0.0731. The smallest absolute Gasteiger partial charge is 0.354 e. The van der Waals surface area contributed by atoms with Gasteiger partial charge in [0.15, 0.2) is 5.69 Å². The molecule has 1 rings (SSSR count). The van der Waals surface area contributed by atoms with Gasteiger partial charge in [-0.05, 0) is 19.1 Å². The molecule has 0 saturated carbocycles. The minimum Gasteiger partial charge on any atom is -0.477 e. The molecular formula is C11H18N2O2S. The van der Waals surface area contributed by atoms with E-state index < -0.39 is 5.97 Å². The van der Waals surface area contributed by atoms with Crippen molar-refractivity contribution in [2.24, 2.45) is 0 Å². The summed E-state index contributed by atoms with van der Waals surface area (Å²) in [5, 5.41) is 13.8. The van der Waals surface area contributed by atoms with Crippen LogP contribution >= 0.6 is 11.8 Å². The minimum atomic E-state index is -0.898. The average molecular weight is 242 g/mol. The number of nitrogens with zero attached hydrogens (tertiary/aromatic N) is 2. The lowest BCUT2D eigenvalue weighted by atomic mass is 10.2. The third kappa shape index (κ3) is 3.01. The Morgan fingerprint density at radius 2 is 2.12 bits per heavy atom. The Hall–Kier alpha value is -0.970. The van der Waals surface area contributed by atoms with Crippen LogP contribution in [0.4, 0.5) is 0 Å². The van der Waals surface area contributed by atoms with Crippen molar-refractivity contribution in [2.45, 2.75) is 44.7 Å². The SMILES string of the molecule is CC(C)SCc1cnn(C(C)C)c1C(=O)O. The summed E-state index contributed by atoms with van der Waals surface area (Å²) in [6, 6.07) is 0.0731. The average Bonchev–Trinajstić information content (AvgIpc) is 2.57. The third-order valence-electron chi connectivity index (χ3n) is 2.14. The first kappa shape index (κ1) is 13.1. The van der Waals surface area contributed by atoms with E-state index >= 15 is 0 Å². The quantitative estimate of drug-likeness (QED) is 0.862. The van der Waals surface area contributed by atoms with E-state index in [2.05, 4.69) is 18.9 Å². The largest absolute Gasteiger partial charge is 0.477 e. The van der Waals surface area contributed by atoms with E-state index in [1.54, 1.807) is 22.6 Å². The molecule has 0 bridgehead atoms. The van der Waals surface area contributed by atoms with E-state index in [0.717, 1.165) is 5.56 Å². The molecule has 0 fully saturated rings. The summed E-state index contributed by atoms with van der Waals surface area (Å²) in [7, 11) is 0. The van der Waals surface area contributed by atoms with Crippen LogP contribution in [0.2, 0.25) is 0 Å². The van der Waals surface area contributed by atoms with Crippen molar-refractivity contribution >= 4 is 17.7 Å². The first-order valence-corrected chi connectivity index (χ1v) is 6.39. The molecule has 1 aromatic rings. The number of aromatic carboxylic acids is 1. The van der Waals surface area contributed by atoms with E-state index in [1.807, 2.05) is 13.8 Å². The van der Waals surface area contributed by atoms with Crippen molar-refractivity contribution < 1.29 is 9.90 Å². The van der Waals surface area contributed by atoms with Crippen LogP contribution < -0.4 is 0 Å². The number of rotatable bonds is 5. The highest BCUT2D eigenvalue weighted by Crippen LogP contribution is 2.21. The Morgan fingerprint density at radius 3 is 2.56 bits per heavy atom. The third-order valence-corrected chi connectivity index (χ3v) is 3.28. The highest BCUT2D eigenvalue weighted by atomic mass is 32.2. The van der Waals surface area contributed by atoms with Crippen molar-refractivity contribution in [1.82, 2.24) is 9.78 Å². The van der Waals surface area contributed by atoms with Crippen LogP contribution in [0.25, 0.3) is 0 Å². The summed E-state index contributed by atoms with van der Waals surface area (Å²) in [6.45, 7) is 8.05. The lowest BCUT2D eigenvalue weighted by molar-refractivity contribution is 0.0680. The fourth-order valence-corrected chi connectivity index (χ4v) is 2.11. The molecule has 0 atom stereocenters. The van der Waals surface area contributed by atoms with E-state index in [1.165, 1.54) is 0 Å². The lowest BCUT2D eigenvalue weighted by Crippen LogP contribution is -2.13. The lowest BCUT2D eigenvalue weighted by Gasteiger charge is -2.09. The molecule has 0 aliphatic carbocycles. The van der Waals surface area contributed by atoms with E-state index in [0.29, 0.717) is 16.7 Å². The van der Waals surface area contributed by atoms with Crippen molar-refractivity contribution in [2.75, 3.05) is 0 Å². The van der Waals surface area contributed by atoms with Crippen LogP contribution in [-0.2, 0) is 5.75 Å². The molecule has 5 heteroatoms. The van der Waals surface area contributed by atoms with E-state index in [4.69, 9.17) is 0 Å². The zero-order valence-corrected chi connectivity index (χ0v) is 10.9. The van der Waals surface area contributed by atoms with Gasteiger partial charge in [-0.3, -0.25) is 4.68 Å². The molecule has 90 valence electrons. The normalized spacial score (nSPS) is 11.4. The Morgan fingerprint density at radius 1 is 1.50 bits per heavy atom. The molecule has 16 heavy (non-hydrogen) atoms. The van der Waals surface area contributed by atoms with Crippen LogP contribution in [0, 0.1) is 0 Å². The maximum Gasteiger partial charge on any atom is 0.354 e. The van der Waals surface area contributed by atoms with Gasteiger partial charge in [-0.25, -0.2) is 4.79 Å². The van der Waals surface area contributed by atoms with Crippen LogP contribution in [0.1, 0.15) is 49.8 Å². The van der Waals surface area contributed by atoms with Crippen molar-refractivity contribution in [3.05, 3.63) is 17.5 Å². The molecule has 0 unspecified atom stereocenters. The van der Waals surface area contributed by atoms with E-state index in [9.17, 15) is 9.90 Å². The number of carbonyl (C=O) groups is 1. The fraction of sp³-hybridized carbons (Fsp3) is 0.636. The maximum absolute atomic E-state index is 11.2. The van der Waals surface area contributed by atoms with Crippen LogP contribution in [0.5, 0.6) is 0 Å². The number of aromatic nitrogens is 2. The molecule has 0 amide bonds. The number of carboxylic acid groups (broad SMARTS) is 1. The van der Waals surface area contributed by atoms with Gasteiger partial charge in [-0.2, -0.15) is 16.9 Å². The molecule has 0 saturated heterocycles. The summed E-state index contributed by atoms with van der Waals surface area (Å²) in [5.41, 5.74) is 1.13. The monoisotopic (exact) mass is 242 g/mol. The van der Waals surface area contributed by atoms with Gasteiger partial charge >= 0.3 is 5.97 Å². The van der Waals surface area contributed by atoms with Gasteiger partial charge in [0.05, 0.1) is 6.20 Å². The topological polar surface area (TPSA) is 55.1 Å².